The molecule has 0 saturated carbocycles. The van der Waals surface area contributed by atoms with Gasteiger partial charge in [-0.1, -0.05) is 18.6 Å². The van der Waals surface area contributed by atoms with E-state index in [1.165, 1.54) is 19.3 Å². The molecule has 2 aliphatic heterocycles. The molecular weight excluding hydrogens is 364 g/mol. The van der Waals surface area contributed by atoms with Gasteiger partial charge in [0.15, 0.2) is 0 Å². The fourth-order valence-electron chi connectivity index (χ4n) is 4.17. The quantitative estimate of drug-likeness (QED) is 0.779. The third-order valence-corrected chi connectivity index (χ3v) is 5.99. The lowest BCUT2D eigenvalue weighted by atomic mass is 10.1. The highest BCUT2D eigenvalue weighted by Gasteiger charge is 2.23. The van der Waals surface area contributed by atoms with Crippen LogP contribution in [-0.2, 0) is 30.7 Å². The van der Waals surface area contributed by atoms with Gasteiger partial charge in [0.05, 0.1) is 18.2 Å². The van der Waals surface area contributed by atoms with Crippen molar-refractivity contribution in [3.63, 3.8) is 0 Å². The maximum absolute atomic E-state index is 12.6. The lowest BCUT2D eigenvalue weighted by Gasteiger charge is -2.34. The van der Waals surface area contributed by atoms with E-state index in [1.807, 2.05) is 29.2 Å². The minimum Gasteiger partial charge on any atom is -0.340 e. The monoisotopic (exact) mass is 392 g/mol. The Hall–Kier alpha value is -2.72. The number of rotatable bonds is 5. The predicted octanol–water partition coefficient (Wildman–Crippen LogP) is 2.15. The van der Waals surface area contributed by atoms with Crippen molar-refractivity contribution in [1.29, 1.82) is 5.26 Å². The van der Waals surface area contributed by atoms with Crippen LogP contribution in [-0.4, -0.2) is 56.7 Å². The summed E-state index contributed by atoms with van der Waals surface area (Å²) in [7, 11) is 0. The zero-order valence-electron chi connectivity index (χ0n) is 16.9. The molecule has 29 heavy (non-hydrogen) atoms. The molecule has 0 spiro atoms. The molecule has 7 heteroatoms. The number of carbonyl (C=O) groups is 1. The summed E-state index contributed by atoms with van der Waals surface area (Å²) in [5.41, 5.74) is 1.75. The Bertz CT molecular complexity index is 874. The van der Waals surface area contributed by atoms with Crippen molar-refractivity contribution < 1.29 is 4.79 Å². The smallest absolute Gasteiger partial charge is 0.222 e. The fourth-order valence-corrected chi connectivity index (χ4v) is 4.17. The minimum atomic E-state index is 0.213. The summed E-state index contributed by atoms with van der Waals surface area (Å²) in [5.74, 6) is 2.42. The summed E-state index contributed by atoms with van der Waals surface area (Å²) in [4.78, 5) is 16.9. The number of hydrogen-bond donors (Lipinski definition) is 0. The van der Waals surface area contributed by atoms with E-state index in [9.17, 15) is 4.79 Å². The SMILES string of the molecule is N#Cc1ccc(CCC(=O)N2CCN(Cc3nnc4n3CCCCC4)CC2)cc1. The Balaban J connectivity index is 1.24. The van der Waals surface area contributed by atoms with E-state index < -0.39 is 0 Å². The predicted molar refractivity (Wildman–Crippen MR) is 109 cm³/mol. The molecule has 1 amide bonds. The number of hydrogen-bond acceptors (Lipinski definition) is 5. The zero-order chi connectivity index (χ0) is 20.1. The van der Waals surface area contributed by atoms with Crippen LogP contribution in [0.3, 0.4) is 0 Å². The first kappa shape index (κ1) is 19.6. The van der Waals surface area contributed by atoms with Gasteiger partial charge in [0.2, 0.25) is 5.91 Å². The highest BCUT2D eigenvalue weighted by Crippen LogP contribution is 2.16. The molecule has 2 aromatic rings. The first-order valence-corrected chi connectivity index (χ1v) is 10.6. The molecule has 3 heterocycles. The summed E-state index contributed by atoms with van der Waals surface area (Å²) in [6.45, 7) is 5.15. The number of aromatic nitrogens is 3. The summed E-state index contributed by atoms with van der Waals surface area (Å²) >= 11 is 0. The minimum absolute atomic E-state index is 0.213. The van der Waals surface area contributed by atoms with E-state index >= 15 is 0 Å². The number of aryl methyl sites for hydroxylation is 2. The van der Waals surface area contributed by atoms with Gasteiger partial charge in [-0.3, -0.25) is 9.69 Å². The third-order valence-electron chi connectivity index (χ3n) is 5.99. The number of nitrogens with zero attached hydrogens (tertiary/aromatic N) is 6. The largest absolute Gasteiger partial charge is 0.340 e. The van der Waals surface area contributed by atoms with Crippen molar-refractivity contribution in [3.8, 4) is 6.07 Å². The molecule has 152 valence electrons. The number of nitriles is 1. The van der Waals surface area contributed by atoms with Crippen LogP contribution >= 0.6 is 0 Å². The molecule has 0 radical (unpaired) electrons. The lowest BCUT2D eigenvalue weighted by Crippen LogP contribution is -2.48. The average molecular weight is 393 g/mol. The maximum Gasteiger partial charge on any atom is 0.222 e. The summed E-state index contributed by atoms with van der Waals surface area (Å²) < 4.78 is 2.31. The van der Waals surface area contributed by atoms with Gasteiger partial charge < -0.3 is 9.47 Å². The Morgan fingerprint density at radius 2 is 1.79 bits per heavy atom. The summed E-state index contributed by atoms with van der Waals surface area (Å²) in [6, 6.07) is 9.61. The van der Waals surface area contributed by atoms with E-state index in [0.29, 0.717) is 12.0 Å². The Labute approximate surface area is 171 Å². The summed E-state index contributed by atoms with van der Waals surface area (Å²) in [6.07, 6.45) is 5.96. The van der Waals surface area contributed by atoms with Crippen LogP contribution in [0.1, 0.15) is 48.5 Å². The second kappa shape index (κ2) is 9.19. The number of benzene rings is 1. The van der Waals surface area contributed by atoms with Crippen LogP contribution < -0.4 is 0 Å². The van der Waals surface area contributed by atoms with E-state index in [-0.39, 0.29) is 5.91 Å². The van der Waals surface area contributed by atoms with Crippen LogP contribution in [0.2, 0.25) is 0 Å². The van der Waals surface area contributed by atoms with Crippen LogP contribution in [0.5, 0.6) is 0 Å². The molecule has 1 saturated heterocycles. The van der Waals surface area contributed by atoms with Crippen molar-refractivity contribution in [2.24, 2.45) is 0 Å². The van der Waals surface area contributed by atoms with Gasteiger partial charge in [-0.25, -0.2) is 0 Å². The first-order chi connectivity index (χ1) is 14.2. The number of fused-ring (bicyclic) bond motifs is 1. The normalized spacial score (nSPS) is 17.4. The lowest BCUT2D eigenvalue weighted by molar-refractivity contribution is -0.133. The molecular formula is C22H28N6O. The molecule has 4 rings (SSSR count). The third kappa shape index (κ3) is 4.83. The van der Waals surface area contributed by atoms with Gasteiger partial charge in [0, 0.05) is 45.6 Å². The van der Waals surface area contributed by atoms with Crippen LogP contribution in [0.15, 0.2) is 24.3 Å². The molecule has 0 unspecified atom stereocenters. The first-order valence-electron chi connectivity index (χ1n) is 10.6. The van der Waals surface area contributed by atoms with Crippen molar-refractivity contribution in [2.45, 2.75) is 51.6 Å². The zero-order valence-corrected chi connectivity index (χ0v) is 16.9. The van der Waals surface area contributed by atoms with Gasteiger partial charge in [0.25, 0.3) is 0 Å². The maximum atomic E-state index is 12.6. The van der Waals surface area contributed by atoms with Gasteiger partial charge >= 0.3 is 0 Å². The topological polar surface area (TPSA) is 78.1 Å². The van der Waals surface area contributed by atoms with E-state index in [1.54, 1.807) is 0 Å². The van der Waals surface area contributed by atoms with E-state index in [2.05, 4.69) is 25.7 Å². The standard InChI is InChI=1S/C22H28N6O/c23-16-19-7-5-18(6-8-19)9-10-22(29)27-14-12-26(13-15-27)17-21-25-24-20-4-2-1-3-11-28(20)21/h5-8H,1-4,9-15,17H2. The Morgan fingerprint density at radius 1 is 1.00 bits per heavy atom. The molecule has 1 aromatic carbocycles. The molecule has 0 aliphatic carbocycles. The fraction of sp³-hybridized carbons (Fsp3) is 0.545. The second-order valence-electron chi connectivity index (χ2n) is 7.96. The molecule has 0 bridgehead atoms. The van der Waals surface area contributed by atoms with Crippen LogP contribution in [0.4, 0.5) is 0 Å². The molecule has 1 fully saturated rings. The van der Waals surface area contributed by atoms with Crippen molar-refractivity contribution >= 4 is 5.91 Å². The van der Waals surface area contributed by atoms with Crippen LogP contribution in [0, 0.1) is 11.3 Å². The van der Waals surface area contributed by atoms with Gasteiger partial charge in [0.1, 0.15) is 11.6 Å². The highest BCUT2D eigenvalue weighted by molar-refractivity contribution is 5.76. The van der Waals surface area contributed by atoms with Crippen molar-refractivity contribution in [2.75, 3.05) is 26.2 Å². The molecule has 2 aliphatic rings. The number of amides is 1. The van der Waals surface area contributed by atoms with E-state index in [0.717, 1.165) is 69.3 Å². The van der Waals surface area contributed by atoms with Crippen molar-refractivity contribution in [1.82, 2.24) is 24.6 Å². The number of piperazine rings is 1. The molecule has 1 aromatic heterocycles. The van der Waals surface area contributed by atoms with Crippen molar-refractivity contribution in [3.05, 3.63) is 47.0 Å². The number of carbonyl (C=O) groups excluding carboxylic acids is 1. The molecule has 0 atom stereocenters. The Kier molecular flexibility index (Phi) is 6.20. The van der Waals surface area contributed by atoms with Gasteiger partial charge in [-0.2, -0.15) is 5.26 Å². The summed E-state index contributed by atoms with van der Waals surface area (Å²) in [5, 5.41) is 17.7. The average Bonchev–Trinajstić information content (AvgIpc) is 2.98. The Morgan fingerprint density at radius 3 is 2.55 bits per heavy atom. The molecule has 7 nitrogen and oxygen atoms in total. The van der Waals surface area contributed by atoms with Crippen LogP contribution in [0.25, 0.3) is 0 Å². The molecule has 0 N–H and O–H groups in total. The van der Waals surface area contributed by atoms with Gasteiger partial charge in [-0.05, 0) is 37.0 Å². The highest BCUT2D eigenvalue weighted by atomic mass is 16.2. The van der Waals surface area contributed by atoms with Gasteiger partial charge in [-0.15, -0.1) is 10.2 Å². The second-order valence-corrected chi connectivity index (χ2v) is 7.96. The van der Waals surface area contributed by atoms with E-state index in [4.69, 9.17) is 5.26 Å².